The monoisotopic (exact) mass is 291 g/mol. The van der Waals surface area contributed by atoms with Crippen molar-refractivity contribution in [1.29, 1.82) is 0 Å². The molecule has 0 saturated heterocycles. The van der Waals surface area contributed by atoms with Gasteiger partial charge in [-0.05, 0) is 54.9 Å². The zero-order valence-electron chi connectivity index (χ0n) is 13.3. The van der Waals surface area contributed by atoms with E-state index in [1.807, 2.05) is 31.2 Å². The van der Waals surface area contributed by atoms with Gasteiger partial charge >= 0.3 is 5.97 Å². The highest BCUT2D eigenvalue weighted by atomic mass is 16.5. The van der Waals surface area contributed by atoms with E-state index in [-0.39, 0.29) is 11.3 Å². The van der Waals surface area contributed by atoms with Gasteiger partial charge < -0.3 is 15.2 Å². The lowest BCUT2D eigenvalue weighted by molar-refractivity contribution is -0.146. The normalized spacial score (nSPS) is 27.9. The first kappa shape index (κ1) is 15.7. The fourth-order valence-electron chi connectivity index (χ4n) is 3.38. The quantitative estimate of drug-likeness (QED) is 0.886. The second-order valence-electron chi connectivity index (χ2n) is 6.90. The summed E-state index contributed by atoms with van der Waals surface area (Å²) in [7, 11) is 1.62. The molecule has 1 aliphatic carbocycles. The molecule has 1 aliphatic rings. The van der Waals surface area contributed by atoms with E-state index in [1.165, 1.54) is 0 Å². The highest BCUT2D eigenvalue weighted by Crippen LogP contribution is 2.45. The number of nitrogens with one attached hydrogen (secondary N) is 1. The number of rotatable bonds is 4. The number of methoxy groups -OCH3 is 1. The van der Waals surface area contributed by atoms with Crippen molar-refractivity contribution in [3.05, 3.63) is 24.3 Å². The van der Waals surface area contributed by atoms with Crippen molar-refractivity contribution in [1.82, 2.24) is 0 Å². The third kappa shape index (κ3) is 3.14. The summed E-state index contributed by atoms with van der Waals surface area (Å²) in [5.41, 5.74) is 0.147. The van der Waals surface area contributed by atoms with Gasteiger partial charge in [0.2, 0.25) is 0 Å². The van der Waals surface area contributed by atoms with Gasteiger partial charge in [0.15, 0.2) is 0 Å². The van der Waals surface area contributed by atoms with Crippen molar-refractivity contribution < 1.29 is 14.6 Å². The van der Waals surface area contributed by atoms with E-state index in [9.17, 15) is 9.90 Å². The summed E-state index contributed by atoms with van der Waals surface area (Å²) in [5.74, 6) is 0.0740. The molecule has 1 aromatic carbocycles. The molecule has 2 atom stereocenters. The van der Waals surface area contributed by atoms with Crippen LogP contribution < -0.4 is 10.1 Å². The van der Waals surface area contributed by atoms with Crippen LogP contribution in [-0.4, -0.2) is 23.7 Å². The van der Waals surface area contributed by atoms with Gasteiger partial charge in [0.25, 0.3) is 0 Å². The number of aliphatic carboxylic acids is 1. The van der Waals surface area contributed by atoms with E-state index in [1.54, 1.807) is 7.11 Å². The molecule has 2 N–H and O–H groups in total. The van der Waals surface area contributed by atoms with Crippen LogP contribution >= 0.6 is 0 Å². The van der Waals surface area contributed by atoms with Crippen LogP contribution in [0.1, 0.15) is 40.0 Å². The number of hydrogen-bond acceptors (Lipinski definition) is 3. The van der Waals surface area contributed by atoms with Gasteiger partial charge in [-0.25, -0.2) is 4.79 Å². The Morgan fingerprint density at radius 2 is 1.90 bits per heavy atom. The highest BCUT2D eigenvalue weighted by molar-refractivity contribution is 5.83. The van der Waals surface area contributed by atoms with Crippen molar-refractivity contribution in [2.45, 2.75) is 45.6 Å². The van der Waals surface area contributed by atoms with Gasteiger partial charge in [-0.15, -0.1) is 0 Å². The second kappa shape index (κ2) is 5.58. The predicted octanol–water partition coefficient (Wildman–Crippen LogP) is 3.78. The lowest BCUT2D eigenvalue weighted by Crippen LogP contribution is -2.55. The van der Waals surface area contributed by atoms with E-state index in [0.717, 1.165) is 24.3 Å². The Bertz CT molecular complexity index is 509. The molecule has 0 heterocycles. The van der Waals surface area contributed by atoms with Crippen LogP contribution in [0.15, 0.2) is 24.3 Å². The Kier molecular flexibility index (Phi) is 4.17. The second-order valence-corrected chi connectivity index (χ2v) is 6.90. The molecule has 4 nitrogen and oxygen atoms in total. The van der Waals surface area contributed by atoms with Crippen LogP contribution in [-0.2, 0) is 4.79 Å². The van der Waals surface area contributed by atoms with Gasteiger partial charge in [0, 0.05) is 5.69 Å². The molecule has 116 valence electrons. The van der Waals surface area contributed by atoms with Crippen LogP contribution in [0.2, 0.25) is 0 Å². The Labute approximate surface area is 126 Å². The molecule has 0 amide bonds. The summed E-state index contributed by atoms with van der Waals surface area (Å²) in [4.78, 5) is 11.9. The topological polar surface area (TPSA) is 58.6 Å². The summed E-state index contributed by atoms with van der Waals surface area (Å²) in [6.45, 7) is 6.46. The number of carboxylic acid groups (broad SMARTS) is 1. The molecule has 4 heteroatoms. The van der Waals surface area contributed by atoms with Crippen molar-refractivity contribution in [2.75, 3.05) is 12.4 Å². The first-order valence-corrected chi connectivity index (χ1v) is 7.45. The van der Waals surface area contributed by atoms with Crippen molar-refractivity contribution in [3.8, 4) is 5.75 Å². The number of carbonyl (C=O) groups is 1. The number of carboxylic acids is 1. The first-order chi connectivity index (χ1) is 9.79. The molecule has 2 rings (SSSR count). The third-order valence-corrected chi connectivity index (χ3v) is 4.74. The SMILES string of the molecule is COc1ccc(NC2(C(=O)O)CCC(C)(C)CC2C)cc1. The molecule has 1 fully saturated rings. The van der Waals surface area contributed by atoms with Crippen LogP contribution in [0.3, 0.4) is 0 Å². The lowest BCUT2D eigenvalue weighted by Gasteiger charge is -2.46. The molecular weight excluding hydrogens is 266 g/mol. The molecule has 0 aliphatic heterocycles. The van der Waals surface area contributed by atoms with Crippen LogP contribution in [0.5, 0.6) is 5.75 Å². The largest absolute Gasteiger partial charge is 0.497 e. The van der Waals surface area contributed by atoms with Crippen molar-refractivity contribution in [3.63, 3.8) is 0 Å². The van der Waals surface area contributed by atoms with E-state index in [4.69, 9.17) is 4.74 Å². The fourth-order valence-corrected chi connectivity index (χ4v) is 3.38. The summed E-state index contributed by atoms with van der Waals surface area (Å²) in [6.07, 6.45) is 2.46. The molecule has 1 aromatic rings. The summed E-state index contributed by atoms with van der Waals surface area (Å²) < 4.78 is 5.14. The molecular formula is C17H25NO3. The van der Waals surface area contributed by atoms with E-state index in [0.29, 0.717) is 6.42 Å². The molecule has 0 radical (unpaired) electrons. The zero-order valence-corrected chi connectivity index (χ0v) is 13.3. The average molecular weight is 291 g/mol. The average Bonchev–Trinajstić information content (AvgIpc) is 2.42. The predicted molar refractivity (Wildman–Crippen MR) is 83.8 cm³/mol. The minimum Gasteiger partial charge on any atom is -0.497 e. The maximum Gasteiger partial charge on any atom is 0.329 e. The number of anilines is 1. The number of benzene rings is 1. The van der Waals surface area contributed by atoms with Crippen LogP contribution in [0.4, 0.5) is 5.69 Å². The van der Waals surface area contributed by atoms with E-state index >= 15 is 0 Å². The van der Waals surface area contributed by atoms with Gasteiger partial charge in [-0.3, -0.25) is 0 Å². The Hall–Kier alpha value is -1.71. The minimum absolute atomic E-state index is 0.0702. The third-order valence-electron chi connectivity index (χ3n) is 4.74. The highest BCUT2D eigenvalue weighted by Gasteiger charge is 2.49. The minimum atomic E-state index is -0.885. The zero-order chi connectivity index (χ0) is 15.7. The van der Waals surface area contributed by atoms with Crippen LogP contribution in [0, 0.1) is 11.3 Å². The smallest absolute Gasteiger partial charge is 0.329 e. The summed E-state index contributed by atoms with van der Waals surface area (Å²) >= 11 is 0. The maximum atomic E-state index is 11.9. The standard InChI is InChI=1S/C17H25NO3/c1-12-11-16(2,3)9-10-17(12,15(19)20)18-13-5-7-14(21-4)8-6-13/h5-8,12,18H,9-11H2,1-4H3,(H,19,20). The Balaban J connectivity index is 2.24. The summed E-state index contributed by atoms with van der Waals surface area (Å²) in [5, 5.41) is 13.1. The van der Waals surface area contributed by atoms with E-state index < -0.39 is 11.5 Å². The van der Waals surface area contributed by atoms with Crippen LogP contribution in [0.25, 0.3) is 0 Å². The Morgan fingerprint density at radius 1 is 1.29 bits per heavy atom. The van der Waals surface area contributed by atoms with Gasteiger partial charge in [-0.1, -0.05) is 20.8 Å². The molecule has 0 spiro atoms. The molecule has 2 unspecified atom stereocenters. The number of ether oxygens (including phenoxy) is 1. The fraction of sp³-hybridized carbons (Fsp3) is 0.588. The molecule has 0 aromatic heterocycles. The van der Waals surface area contributed by atoms with Gasteiger partial charge in [0.1, 0.15) is 11.3 Å². The van der Waals surface area contributed by atoms with Gasteiger partial charge in [0.05, 0.1) is 7.11 Å². The van der Waals surface area contributed by atoms with Crippen molar-refractivity contribution in [2.24, 2.45) is 11.3 Å². The number of hydrogen-bond donors (Lipinski definition) is 2. The molecule has 0 bridgehead atoms. The Morgan fingerprint density at radius 3 is 2.38 bits per heavy atom. The molecule has 1 saturated carbocycles. The summed E-state index contributed by atoms with van der Waals surface area (Å²) in [6, 6.07) is 7.43. The first-order valence-electron chi connectivity index (χ1n) is 7.45. The van der Waals surface area contributed by atoms with Crippen molar-refractivity contribution >= 4 is 11.7 Å². The van der Waals surface area contributed by atoms with E-state index in [2.05, 4.69) is 19.2 Å². The lowest BCUT2D eigenvalue weighted by atomic mass is 9.63. The molecule has 21 heavy (non-hydrogen) atoms. The maximum absolute atomic E-state index is 11.9. The van der Waals surface area contributed by atoms with Gasteiger partial charge in [-0.2, -0.15) is 0 Å².